The van der Waals surface area contributed by atoms with Gasteiger partial charge < -0.3 is 10.8 Å². The molecule has 0 amide bonds. The smallest absolute Gasteiger partial charge is 0.165 e. The van der Waals surface area contributed by atoms with Crippen LogP contribution in [0, 0.1) is 0 Å². The summed E-state index contributed by atoms with van der Waals surface area (Å²) < 4.78 is 0. The molecule has 0 aromatic carbocycles. The Morgan fingerprint density at radius 3 is 2.20 bits per heavy atom. The van der Waals surface area contributed by atoms with Crippen molar-refractivity contribution < 1.29 is 9.90 Å². The van der Waals surface area contributed by atoms with Crippen molar-refractivity contribution in [3.8, 4) is 0 Å². The highest BCUT2D eigenvalue weighted by atomic mass is 35.5. The number of aliphatic hydroxyl groups is 1. The Hall–Kier alpha value is -0.120. The van der Waals surface area contributed by atoms with E-state index in [2.05, 4.69) is 0 Å². The first-order chi connectivity index (χ1) is 4.04. The number of carbonyl (C=O) groups is 1. The van der Waals surface area contributed by atoms with Crippen molar-refractivity contribution in [2.75, 3.05) is 6.54 Å². The van der Waals surface area contributed by atoms with Gasteiger partial charge >= 0.3 is 0 Å². The Bertz CT molecular complexity index is 114. The second-order valence-corrected chi connectivity index (χ2v) is 2.25. The van der Waals surface area contributed by atoms with Crippen molar-refractivity contribution >= 4 is 18.2 Å². The lowest BCUT2D eigenvalue weighted by molar-refractivity contribution is -0.134. The molecule has 1 unspecified atom stereocenters. The van der Waals surface area contributed by atoms with Gasteiger partial charge in [0.25, 0.3) is 0 Å². The van der Waals surface area contributed by atoms with Gasteiger partial charge in [-0.25, -0.2) is 0 Å². The van der Waals surface area contributed by atoms with Crippen LogP contribution in [0.2, 0.25) is 0 Å². The van der Waals surface area contributed by atoms with Gasteiger partial charge in [0.15, 0.2) is 5.78 Å². The van der Waals surface area contributed by atoms with Crippen LogP contribution >= 0.6 is 12.4 Å². The molecule has 10 heavy (non-hydrogen) atoms. The summed E-state index contributed by atoms with van der Waals surface area (Å²) in [6, 6.07) is 0. The number of Topliss-reactive ketones (excluding diaryl/α,β-unsaturated/α-hetero) is 1. The number of hydrogen-bond acceptors (Lipinski definition) is 3. The van der Waals surface area contributed by atoms with Crippen molar-refractivity contribution in [3.63, 3.8) is 0 Å². The molecular weight excluding hydrogens is 154 g/mol. The zero-order valence-corrected chi connectivity index (χ0v) is 7.07. The molecule has 3 nitrogen and oxygen atoms in total. The predicted molar refractivity (Wildman–Crippen MR) is 42.2 cm³/mol. The summed E-state index contributed by atoms with van der Waals surface area (Å²) in [5, 5.41) is 9.12. The van der Waals surface area contributed by atoms with Crippen LogP contribution in [0.3, 0.4) is 0 Å². The van der Waals surface area contributed by atoms with Crippen molar-refractivity contribution in [1.82, 2.24) is 0 Å². The van der Waals surface area contributed by atoms with Crippen LogP contribution in [0.1, 0.15) is 20.3 Å². The molecule has 0 spiro atoms. The first-order valence-corrected chi connectivity index (χ1v) is 3.00. The third kappa shape index (κ3) is 3.15. The summed E-state index contributed by atoms with van der Waals surface area (Å²) in [5.74, 6) is -0.204. The Balaban J connectivity index is 0. The highest BCUT2D eigenvalue weighted by Gasteiger charge is 2.25. The predicted octanol–water partition coefficient (Wildman–Crippen LogP) is 0.0970. The largest absolute Gasteiger partial charge is 0.381 e. The van der Waals surface area contributed by atoms with E-state index in [1.165, 1.54) is 6.92 Å². The van der Waals surface area contributed by atoms with E-state index in [1.807, 2.05) is 0 Å². The summed E-state index contributed by atoms with van der Waals surface area (Å²) in [6.45, 7) is 3.13. The molecule has 0 saturated carbocycles. The van der Waals surface area contributed by atoms with Gasteiger partial charge in [-0.15, -0.1) is 12.4 Å². The number of hydrogen-bond donors (Lipinski definition) is 2. The second kappa shape index (κ2) is 4.66. The summed E-state index contributed by atoms with van der Waals surface area (Å²) >= 11 is 0. The van der Waals surface area contributed by atoms with Crippen molar-refractivity contribution in [2.45, 2.75) is 25.9 Å². The Morgan fingerprint density at radius 2 is 2.10 bits per heavy atom. The standard InChI is InChI=1S/C6H13NO2.ClH/c1-3-5(8)6(2,9)4-7;/h9H,3-4,7H2,1-2H3;1H. The topological polar surface area (TPSA) is 63.3 Å². The number of carbonyl (C=O) groups excluding carboxylic acids is 1. The van der Waals surface area contributed by atoms with E-state index in [9.17, 15) is 4.79 Å². The first-order valence-electron chi connectivity index (χ1n) is 3.00. The van der Waals surface area contributed by atoms with Gasteiger partial charge in [-0.05, 0) is 6.92 Å². The molecule has 4 heteroatoms. The van der Waals surface area contributed by atoms with E-state index in [0.717, 1.165) is 0 Å². The van der Waals surface area contributed by atoms with E-state index < -0.39 is 5.60 Å². The minimum atomic E-state index is -1.31. The molecule has 1 atom stereocenters. The van der Waals surface area contributed by atoms with E-state index in [-0.39, 0.29) is 24.7 Å². The van der Waals surface area contributed by atoms with Crippen LogP contribution in [0.25, 0.3) is 0 Å². The molecule has 0 aromatic rings. The van der Waals surface area contributed by atoms with Crippen LogP contribution in [-0.2, 0) is 4.79 Å². The van der Waals surface area contributed by atoms with Gasteiger partial charge in [0.2, 0.25) is 0 Å². The fourth-order valence-corrected chi connectivity index (χ4v) is 0.495. The summed E-state index contributed by atoms with van der Waals surface area (Å²) in [4.78, 5) is 10.7. The molecule has 0 saturated heterocycles. The average Bonchev–Trinajstić information content (AvgIpc) is 1.86. The summed E-state index contributed by atoms with van der Waals surface area (Å²) in [7, 11) is 0. The van der Waals surface area contributed by atoms with Crippen LogP contribution in [-0.4, -0.2) is 23.0 Å². The maximum atomic E-state index is 10.7. The lowest BCUT2D eigenvalue weighted by Gasteiger charge is -2.17. The SMILES string of the molecule is CCC(=O)C(C)(O)CN.Cl. The molecule has 3 N–H and O–H groups in total. The van der Waals surface area contributed by atoms with Gasteiger partial charge in [-0.1, -0.05) is 6.92 Å². The zero-order chi connectivity index (χ0) is 7.49. The maximum absolute atomic E-state index is 10.7. The molecule has 0 aromatic heterocycles. The lowest BCUT2D eigenvalue weighted by atomic mass is 10.00. The first kappa shape index (κ1) is 12.5. The lowest BCUT2D eigenvalue weighted by Crippen LogP contribution is -2.42. The monoisotopic (exact) mass is 167 g/mol. The molecule has 0 heterocycles. The maximum Gasteiger partial charge on any atom is 0.165 e. The fraction of sp³-hybridized carbons (Fsp3) is 0.833. The van der Waals surface area contributed by atoms with E-state index >= 15 is 0 Å². The Morgan fingerprint density at radius 1 is 1.70 bits per heavy atom. The quantitative estimate of drug-likeness (QED) is 0.627. The Kier molecular flexibility index (Phi) is 5.84. The molecule has 0 bridgehead atoms. The summed E-state index contributed by atoms with van der Waals surface area (Å²) in [5.41, 5.74) is 3.80. The van der Waals surface area contributed by atoms with Gasteiger partial charge in [-0.3, -0.25) is 4.79 Å². The zero-order valence-electron chi connectivity index (χ0n) is 6.26. The van der Waals surface area contributed by atoms with Gasteiger partial charge in [0.1, 0.15) is 5.60 Å². The summed E-state index contributed by atoms with van der Waals surface area (Å²) in [6.07, 6.45) is 0.337. The van der Waals surface area contributed by atoms with Crippen molar-refractivity contribution in [2.24, 2.45) is 5.73 Å². The highest BCUT2D eigenvalue weighted by molar-refractivity contribution is 5.86. The van der Waals surface area contributed by atoms with Gasteiger partial charge in [-0.2, -0.15) is 0 Å². The number of nitrogens with two attached hydrogens (primary N) is 1. The van der Waals surface area contributed by atoms with Gasteiger partial charge in [0, 0.05) is 13.0 Å². The molecule has 0 radical (unpaired) electrons. The van der Waals surface area contributed by atoms with Crippen molar-refractivity contribution in [3.05, 3.63) is 0 Å². The Labute approximate surface area is 67.0 Å². The second-order valence-electron chi connectivity index (χ2n) is 2.25. The molecule has 62 valence electrons. The van der Waals surface area contributed by atoms with Crippen molar-refractivity contribution in [1.29, 1.82) is 0 Å². The fourth-order valence-electron chi connectivity index (χ4n) is 0.495. The minimum Gasteiger partial charge on any atom is -0.381 e. The third-order valence-electron chi connectivity index (χ3n) is 1.32. The number of halogens is 1. The molecule has 0 aliphatic rings. The number of rotatable bonds is 3. The highest BCUT2D eigenvalue weighted by Crippen LogP contribution is 2.03. The van der Waals surface area contributed by atoms with E-state index in [0.29, 0.717) is 6.42 Å². The normalized spacial score (nSPS) is 15.2. The van der Waals surface area contributed by atoms with Crippen LogP contribution < -0.4 is 5.73 Å². The van der Waals surface area contributed by atoms with Crippen LogP contribution in [0.15, 0.2) is 0 Å². The van der Waals surface area contributed by atoms with E-state index in [4.69, 9.17) is 10.8 Å². The van der Waals surface area contributed by atoms with Crippen LogP contribution in [0.5, 0.6) is 0 Å². The molecular formula is C6H14ClNO2. The molecule has 0 fully saturated rings. The van der Waals surface area contributed by atoms with E-state index in [1.54, 1.807) is 6.92 Å². The molecule has 0 aliphatic heterocycles. The third-order valence-corrected chi connectivity index (χ3v) is 1.32. The number of ketones is 1. The molecule has 0 aliphatic carbocycles. The molecule has 0 rings (SSSR count). The van der Waals surface area contributed by atoms with Gasteiger partial charge in [0.05, 0.1) is 0 Å². The minimum absolute atomic E-state index is 0. The van der Waals surface area contributed by atoms with Crippen LogP contribution in [0.4, 0.5) is 0 Å². The average molecular weight is 168 g/mol.